The fraction of sp³-hybridized carbons (Fsp3) is 0.500. The lowest BCUT2D eigenvalue weighted by atomic mass is 9.68. The number of hydrogen-bond donors (Lipinski definition) is 1. The van der Waals surface area contributed by atoms with Crippen LogP contribution < -0.4 is 0 Å². The van der Waals surface area contributed by atoms with E-state index >= 15 is 0 Å². The van der Waals surface area contributed by atoms with Crippen LogP contribution in [0.25, 0.3) is 10.8 Å². The summed E-state index contributed by atoms with van der Waals surface area (Å²) < 4.78 is 0. The molecule has 1 aliphatic rings. The lowest BCUT2D eigenvalue weighted by molar-refractivity contribution is 0.168. The topological polar surface area (TPSA) is 20.2 Å². The van der Waals surface area contributed by atoms with Gasteiger partial charge in [0.25, 0.3) is 0 Å². The predicted molar refractivity (Wildman–Crippen MR) is 89.8 cm³/mol. The summed E-state index contributed by atoms with van der Waals surface area (Å²) in [5.74, 6) is 1.82. The number of phenols is 1. The predicted octanol–water partition coefficient (Wildman–Crippen LogP) is 5.87. The van der Waals surface area contributed by atoms with Crippen molar-refractivity contribution in [2.75, 3.05) is 0 Å². The van der Waals surface area contributed by atoms with E-state index in [0.29, 0.717) is 17.1 Å². The minimum Gasteiger partial charge on any atom is -0.508 e. The zero-order chi connectivity index (χ0) is 15.0. The molecular formula is C20H26O. The molecule has 1 aliphatic carbocycles. The van der Waals surface area contributed by atoms with Gasteiger partial charge in [-0.25, -0.2) is 0 Å². The molecule has 0 amide bonds. The molecule has 0 aromatic heterocycles. The van der Waals surface area contributed by atoms with Crippen LogP contribution in [-0.4, -0.2) is 5.11 Å². The van der Waals surface area contributed by atoms with Crippen molar-refractivity contribution in [2.45, 2.75) is 52.4 Å². The van der Waals surface area contributed by atoms with Crippen LogP contribution in [0.5, 0.6) is 5.75 Å². The van der Waals surface area contributed by atoms with Crippen LogP contribution in [0, 0.1) is 11.3 Å². The van der Waals surface area contributed by atoms with Crippen molar-refractivity contribution < 1.29 is 5.11 Å². The lowest BCUT2D eigenvalue weighted by Crippen LogP contribution is -2.25. The summed E-state index contributed by atoms with van der Waals surface area (Å²) in [5, 5.41) is 12.8. The van der Waals surface area contributed by atoms with Crippen LogP contribution in [0.4, 0.5) is 0 Å². The second-order valence-corrected chi connectivity index (χ2v) is 7.67. The monoisotopic (exact) mass is 282 g/mol. The number of benzene rings is 2. The highest BCUT2D eigenvalue weighted by molar-refractivity contribution is 5.85. The highest BCUT2D eigenvalue weighted by Gasteiger charge is 2.31. The van der Waals surface area contributed by atoms with Gasteiger partial charge in [0.15, 0.2) is 0 Å². The van der Waals surface area contributed by atoms with E-state index in [2.05, 4.69) is 45.0 Å². The van der Waals surface area contributed by atoms with Crippen LogP contribution in [0.3, 0.4) is 0 Å². The van der Waals surface area contributed by atoms with Crippen molar-refractivity contribution in [1.29, 1.82) is 0 Å². The average molecular weight is 282 g/mol. The molecule has 1 N–H and O–H groups in total. The molecule has 0 unspecified atom stereocenters. The maximum atomic E-state index is 10.4. The third kappa shape index (κ3) is 2.92. The molecule has 2 aromatic rings. The molecule has 0 spiro atoms. The van der Waals surface area contributed by atoms with Gasteiger partial charge >= 0.3 is 0 Å². The maximum absolute atomic E-state index is 10.4. The van der Waals surface area contributed by atoms with E-state index < -0.39 is 0 Å². The molecule has 0 aliphatic heterocycles. The molecule has 0 bridgehead atoms. The van der Waals surface area contributed by atoms with Crippen LogP contribution in [0.15, 0.2) is 36.4 Å². The molecule has 21 heavy (non-hydrogen) atoms. The van der Waals surface area contributed by atoms with Gasteiger partial charge in [-0.1, -0.05) is 45.0 Å². The van der Waals surface area contributed by atoms with E-state index in [0.717, 1.165) is 16.9 Å². The van der Waals surface area contributed by atoms with Crippen molar-refractivity contribution in [3.05, 3.63) is 42.0 Å². The first-order valence-electron chi connectivity index (χ1n) is 8.17. The Morgan fingerprint density at radius 3 is 2.05 bits per heavy atom. The second-order valence-electron chi connectivity index (χ2n) is 7.67. The van der Waals surface area contributed by atoms with E-state index in [9.17, 15) is 5.11 Å². The van der Waals surface area contributed by atoms with Gasteiger partial charge in [0, 0.05) is 0 Å². The van der Waals surface area contributed by atoms with Crippen molar-refractivity contribution in [2.24, 2.45) is 11.3 Å². The van der Waals surface area contributed by atoms with Crippen LogP contribution in [0.2, 0.25) is 0 Å². The summed E-state index contributed by atoms with van der Waals surface area (Å²) in [5.41, 5.74) is 1.57. The quantitative estimate of drug-likeness (QED) is 0.694. The molecule has 0 saturated heterocycles. The van der Waals surface area contributed by atoms with Gasteiger partial charge in [-0.05, 0) is 71.4 Å². The Hall–Kier alpha value is -1.50. The Kier molecular flexibility index (Phi) is 3.69. The van der Waals surface area contributed by atoms with Gasteiger partial charge in [0.2, 0.25) is 0 Å². The first kappa shape index (κ1) is 14.4. The fourth-order valence-electron chi connectivity index (χ4n) is 3.84. The number of fused-ring (bicyclic) bond motifs is 1. The number of phenolic OH excluding ortho intramolecular Hbond substituents is 1. The van der Waals surface area contributed by atoms with Crippen LogP contribution in [0.1, 0.15) is 57.9 Å². The number of aromatic hydroxyl groups is 1. The molecule has 1 nitrogen and oxygen atoms in total. The smallest absolute Gasteiger partial charge is 0.119 e. The average Bonchev–Trinajstić information content (AvgIpc) is 2.46. The molecule has 1 heteroatoms. The van der Waals surface area contributed by atoms with E-state index in [1.165, 1.54) is 31.1 Å². The summed E-state index contributed by atoms with van der Waals surface area (Å²) in [6.07, 6.45) is 4.96. The first-order chi connectivity index (χ1) is 9.95. The highest BCUT2D eigenvalue weighted by atomic mass is 16.3. The molecule has 112 valence electrons. The third-order valence-corrected chi connectivity index (χ3v) is 5.29. The molecule has 2 aromatic carbocycles. The Bertz CT molecular complexity index is 628. The van der Waals surface area contributed by atoms with Crippen LogP contribution in [-0.2, 0) is 0 Å². The van der Waals surface area contributed by atoms with Crippen molar-refractivity contribution >= 4 is 10.8 Å². The molecule has 0 heterocycles. The summed E-state index contributed by atoms with van der Waals surface area (Å²) in [4.78, 5) is 0. The zero-order valence-electron chi connectivity index (χ0n) is 13.4. The Labute approximate surface area is 128 Å². The molecule has 0 atom stereocenters. The van der Waals surface area contributed by atoms with E-state index in [-0.39, 0.29) is 0 Å². The summed E-state index contributed by atoms with van der Waals surface area (Å²) in [7, 11) is 0. The van der Waals surface area contributed by atoms with E-state index in [4.69, 9.17) is 0 Å². The maximum Gasteiger partial charge on any atom is 0.119 e. The van der Waals surface area contributed by atoms with Gasteiger partial charge < -0.3 is 5.11 Å². The molecule has 3 rings (SSSR count). The molecular weight excluding hydrogens is 256 g/mol. The SMILES string of the molecule is CC(C)(C)C1CCC(c2cc3ccccc3cc2O)CC1. The van der Waals surface area contributed by atoms with Gasteiger partial charge in [-0.2, -0.15) is 0 Å². The van der Waals surface area contributed by atoms with Gasteiger partial charge in [-0.3, -0.25) is 0 Å². The summed E-state index contributed by atoms with van der Waals surface area (Å²) >= 11 is 0. The zero-order valence-corrected chi connectivity index (χ0v) is 13.4. The molecule has 1 saturated carbocycles. The fourth-order valence-corrected chi connectivity index (χ4v) is 3.84. The Morgan fingerprint density at radius 1 is 0.905 bits per heavy atom. The molecule has 1 fully saturated rings. The Morgan fingerprint density at radius 2 is 1.48 bits per heavy atom. The standard InChI is InChI=1S/C20H26O/c1-20(2,3)17-10-8-14(9-11-17)18-12-15-6-4-5-7-16(15)13-19(18)21/h4-7,12-14,17,21H,8-11H2,1-3H3. The van der Waals surface area contributed by atoms with Crippen molar-refractivity contribution in [1.82, 2.24) is 0 Å². The lowest BCUT2D eigenvalue weighted by Gasteiger charge is -2.37. The van der Waals surface area contributed by atoms with Gasteiger partial charge in [-0.15, -0.1) is 0 Å². The minimum atomic E-state index is 0.413. The second kappa shape index (κ2) is 5.36. The van der Waals surface area contributed by atoms with Crippen LogP contribution >= 0.6 is 0 Å². The minimum absolute atomic E-state index is 0.413. The first-order valence-corrected chi connectivity index (χ1v) is 8.17. The number of rotatable bonds is 1. The van der Waals surface area contributed by atoms with Gasteiger partial charge in [0.1, 0.15) is 5.75 Å². The third-order valence-electron chi connectivity index (χ3n) is 5.29. The van der Waals surface area contributed by atoms with E-state index in [1.54, 1.807) is 0 Å². The normalized spacial score (nSPS) is 23.4. The summed E-state index contributed by atoms with van der Waals surface area (Å²) in [6.45, 7) is 7.06. The molecule has 0 radical (unpaired) electrons. The van der Waals surface area contributed by atoms with Crippen molar-refractivity contribution in [3.8, 4) is 5.75 Å². The van der Waals surface area contributed by atoms with E-state index in [1.807, 2.05) is 12.1 Å². The highest BCUT2D eigenvalue weighted by Crippen LogP contribution is 2.45. The summed E-state index contributed by atoms with van der Waals surface area (Å²) in [6, 6.07) is 12.4. The number of hydrogen-bond acceptors (Lipinski definition) is 1. The van der Waals surface area contributed by atoms with Gasteiger partial charge in [0.05, 0.1) is 0 Å². The largest absolute Gasteiger partial charge is 0.508 e. The van der Waals surface area contributed by atoms with Crippen molar-refractivity contribution in [3.63, 3.8) is 0 Å². The Balaban J connectivity index is 1.84.